The van der Waals surface area contributed by atoms with Crippen molar-refractivity contribution >= 4 is 15.9 Å². The van der Waals surface area contributed by atoms with Crippen molar-refractivity contribution in [3.8, 4) is 0 Å². The number of rotatable bonds is 3. The van der Waals surface area contributed by atoms with Crippen LogP contribution in [0.25, 0.3) is 0 Å². The van der Waals surface area contributed by atoms with Gasteiger partial charge in [-0.3, -0.25) is 4.79 Å². The van der Waals surface area contributed by atoms with Crippen LogP contribution in [0, 0.1) is 11.3 Å². The van der Waals surface area contributed by atoms with Crippen molar-refractivity contribution in [2.75, 3.05) is 13.1 Å². The summed E-state index contributed by atoms with van der Waals surface area (Å²) in [6, 6.07) is 8.01. The van der Waals surface area contributed by atoms with Gasteiger partial charge in [0.05, 0.1) is 4.90 Å². The summed E-state index contributed by atoms with van der Waals surface area (Å²) in [5.74, 6) is -0.501. The van der Waals surface area contributed by atoms with Crippen molar-refractivity contribution < 1.29 is 13.2 Å². The van der Waals surface area contributed by atoms with Crippen LogP contribution in [0.15, 0.2) is 35.2 Å². The molecule has 1 saturated carbocycles. The number of carbonyl (C=O) groups is 1. The zero-order valence-corrected chi connectivity index (χ0v) is 11.9. The summed E-state index contributed by atoms with van der Waals surface area (Å²) in [6.07, 6.45) is 2.72. The second kappa shape index (κ2) is 4.86. The number of benzene rings is 1. The predicted molar refractivity (Wildman–Crippen MR) is 74.4 cm³/mol. The molecule has 108 valence electrons. The minimum absolute atomic E-state index is 0.0432. The summed E-state index contributed by atoms with van der Waals surface area (Å²) in [5.41, 5.74) is 0.0432. The first-order valence-electron chi connectivity index (χ1n) is 6.86. The highest BCUT2D eigenvalue weighted by molar-refractivity contribution is 7.90. The van der Waals surface area contributed by atoms with Gasteiger partial charge in [-0.2, -0.15) is 0 Å². The molecule has 0 aromatic heterocycles. The summed E-state index contributed by atoms with van der Waals surface area (Å²) < 4.78 is 26.4. The van der Waals surface area contributed by atoms with Crippen LogP contribution in [-0.4, -0.2) is 27.4 Å². The van der Waals surface area contributed by atoms with E-state index in [2.05, 4.69) is 10.0 Å². The maximum Gasteiger partial charge on any atom is 0.264 e. The second-order valence-electron chi connectivity index (χ2n) is 5.65. The van der Waals surface area contributed by atoms with Gasteiger partial charge in [0.2, 0.25) is 5.91 Å². The molecule has 1 aromatic rings. The third-order valence-corrected chi connectivity index (χ3v) is 5.76. The smallest absolute Gasteiger partial charge is 0.264 e. The Morgan fingerprint density at radius 1 is 1.20 bits per heavy atom. The molecule has 3 rings (SSSR count). The van der Waals surface area contributed by atoms with E-state index < -0.39 is 10.0 Å². The topological polar surface area (TPSA) is 75.3 Å². The SMILES string of the molecule is O=C(NS(=O)(=O)c1ccccc1)C1CC12CCNCC2. The Morgan fingerprint density at radius 2 is 1.85 bits per heavy atom. The summed E-state index contributed by atoms with van der Waals surface area (Å²) >= 11 is 0. The van der Waals surface area contributed by atoms with Gasteiger partial charge in [0.1, 0.15) is 0 Å². The Balaban J connectivity index is 1.68. The van der Waals surface area contributed by atoms with Crippen molar-refractivity contribution in [1.82, 2.24) is 10.0 Å². The fraction of sp³-hybridized carbons (Fsp3) is 0.500. The summed E-state index contributed by atoms with van der Waals surface area (Å²) in [5, 5.41) is 3.26. The molecule has 1 aliphatic carbocycles. The van der Waals surface area contributed by atoms with Crippen LogP contribution in [0.3, 0.4) is 0 Å². The first kappa shape index (κ1) is 13.6. The van der Waals surface area contributed by atoms with Crippen LogP contribution in [0.5, 0.6) is 0 Å². The van der Waals surface area contributed by atoms with Gasteiger partial charge in [-0.15, -0.1) is 0 Å². The van der Waals surface area contributed by atoms with Gasteiger partial charge >= 0.3 is 0 Å². The molecule has 0 radical (unpaired) electrons. The monoisotopic (exact) mass is 294 g/mol. The zero-order chi connectivity index (χ0) is 14.2. The first-order chi connectivity index (χ1) is 9.54. The maximum atomic E-state index is 12.2. The third kappa shape index (κ3) is 2.45. The summed E-state index contributed by atoms with van der Waals surface area (Å²) in [6.45, 7) is 1.82. The minimum Gasteiger partial charge on any atom is -0.317 e. The van der Waals surface area contributed by atoms with Crippen molar-refractivity contribution in [3.05, 3.63) is 30.3 Å². The maximum absolute atomic E-state index is 12.2. The lowest BCUT2D eigenvalue weighted by Gasteiger charge is -2.23. The fourth-order valence-electron chi connectivity index (χ4n) is 3.06. The molecule has 1 amide bonds. The first-order valence-corrected chi connectivity index (χ1v) is 8.34. The molecule has 5 nitrogen and oxygen atoms in total. The molecule has 1 saturated heterocycles. The molecule has 0 bridgehead atoms. The van der Waals surface area contributed by atoms with E-state index in [9.17, 15) is 13.2 Å². The lowest BCUT2D eigenvalue weighted by atomic mass is 9.92. The number of nitrogens with one attached hydrogen (secondary N) is 2. The number of amides is 1. The number of sulfonamides is 1. The molecule has 20 heavy (non-hydrogen) atoms. The number of hydrogen-bond donors (Lipinski definition) is 2. The molecule has 6 heteroatoms. The number of piperidine rings is 1. The quantitative estimate of drug-likeness (QED) is 0.868. The molecule has 2 N–H and O–H groups in total. The average Bonchev–Trinajstić information content (AvgIpc) is 3.14. The number of carbonyl (C=O) groups excluding carboxylic acids is 1. The van der Waals surface area contributed by atoms with Crippen molar-refractivity contribution in [2.24, 2.45) is 11.3 Å². The highest BCUT2D eigenvalue weighted by Crippen LogP contribution is 2.58. The molecular formula is C14H18N2O3S. The van der Waals surface area contributed by atoms with Crippen LogP contribution >= 0.6 is 0 Å². The van der Waals surface area contributed by atoms with E-state index >= 15 is 0 Å². The lowest BCUT2D eigenvalue weighted by molar-refractivity contribution is -0.121. The van der Waals surface area contributed by atoms with Gasteiger partial charge < -0.3 is 5.32 Å². The Bertz CT molecular complexity index is 607. The van der Waals surface area contributed by atoms with Crippen LogP contribution < -0.4 is 10.0 Å². The van der Waals surface area contributed by atoms with Gasteiger partial charge in [-0.05, 0) is 49.9 Å². The van der Waals surface area contributed by atoms with E-state index in [1.54, 1.807) is 18.2 Å². The molecule has 2 aliphatic rings. The summed E-state index contributed by atoms with van der Waals surface area (Å²) in [7, 11) is -3.74. The highest BCUT2D eigenvalue weighted by Gasteiger charge is 2.58. The van der Waals surface area contributed by atoms with Crippen LogP contribution in [0.4, 0.5) is 0 Å². The lowest BCUT2D eigenvalue weighted by Crippen LogP contribution is -2.36. The van der Waals surface area contributed by atoms with Crippen LogP contribution in [-0.2, 0) is 14.8 Å². The van der Waals surface area contributed by atoms with Crippen molar-refractivity contribution in [2.45, 2.75) is 24.2 Å². The molecule has 2 fully saturated rings. The van der Waals surface area contributed by atoms with E-state index in [1.807, 2.05) is 0 Å². The predicted octanol–water partition coefficient (Wildman–Crippen LogP) is 0.881. The standard InChI is InChI=1S/C14H18N2O3S/c17-13(12-10-14(12)6-8-15-9-7-14)16-20(18,19)11-4-2-1-3-5-11/h1-5,12,15H,6-10H2,(H,16,17). The molecule has 1 aromatic carbocycles. The molecular weight excluding hydrogens is 276 g/mol. The molecule has 1 atom stereocenters. The Kier molecular flexibility index (Phi) is 3.30. The van der Waals surface area contributed by atoms with E-state index in [1.165, 1.54) is 12.1 Å². The highest BCUT2D eigenvalue weighted by atomic mass is 32.2. The van der Waals surface area contributed by atoms with Gasteiger partial charge in [0.25, 0.3) is 10.0 Å². The molecule has 1 unspecified atom stereocenters. The fourth-order valence-corrected chi connectivity index (χ4v) is 4.10. The van der Waals surface area contributed by atoms with Gasteiger partial charge in [-0.1, -0.05) is 18.2 Å². The third-order valence-electron chi connectivity index (χ3n) is 4.39. The van der Waals surface area contributed by atoms with Gasteiger partial charge in [-0.25, -0.2) is 13.1 Å². The molecule has 1 heterocycles. The second-order valence-corrected chi connectivity index (χ2v) is 7.33. The van der Waals surface area contributed by atoms with E-state index in [0.717, 1.165) is 32.4 Å². The van der Waals surface area contributed by atoms with Gasteiger partial charge in [0, 0.05) is 5.92 Å². The van der Waals surface area contributed by atoms with Crippen LogP contribution in [0.1, 0.15) is 19.3 Å². The van der Waals surface area contributed by atoms with Crippen molar-refractivity contribution in [1.29, 1.82) is 0 Å². The number of hydrogen-bond acceptors (Lipinski definition) is 4. The largest absolute Gasteiger partial charge is 0.317 e. The van der Waals surface area contributed by atoms with Crippen LogP contribution in [0.2, 0.25) is 0 Å². The normalized spacial score (nSPS) is 24.3. The van der Waals surface area contributed by atoms with E-state index in [-0.39, 0.29) is 22.1 Å². The van der Waals surface area contributed by atoms with Crippen molar-refractivity contribution in [3.63, 3.8) is 0 Å². The average molecular weight is 294 g/mol. The Hall–Kier alpha value is -1.40. The Morgan fingerprint density at radius 3 is 2.50 bits per heavy atom. The zero-order valence-electron chi connectivity index (χ0n) is 11.1. The Labute approximate surface area is 118 Å². The minimum atomic E-state index is -3.74. The molecule has 1 spiro atoms. The molecule has 1 aliphatic heterocycles. The van der Waals surface area contributed by atoms with E-state index in [4.69, 9.17) is 0 Å². The summed E-state index contributed by atoms with van der Waals surface area (Å²) in [4.78, 5) is 12.3. The van der Waals surface area contributed by atoms with E-state index in [0.29, 0.717) is 0 Å². The van der Waals surface area contributed by atoms with Gasteiger partial charge in [0.15, 0.2) is 0 Å².